The predicted molar refractivity (Wildman–Crippen MR) is 102 cm³/mol. The molecule has 1 aromatic carbocycles. The summed E-state index contributed by atoms with van der Waals surface area (Å²) in [4.78, 5) is 25.7. The van der Waals surface area contributed by atoms with E-state index >= 15 is 0 Å². The van der Waals surface area contributed by atoms with Gasteiger partial charge in [0.15, 0.2) is 0 Å². The minimum absolute atomic E-state index is 0.137. The molecule has 25 heavy (non-hydrogen) atoms. The lowest BCUT2D eigenvalue weighted by Gasteiger charge is -2.16. The van der Waals surface area contributed by atoms with Crippen LogP contribution in [0.2, 0.25) is 0 Å². The van der Waals surface area contributed by atoms with Crippen molar-refractivity contribution in [1.82, 2.24) is 0 Å². The van der Waals surface area contributed by atoms with Gasteiger partial charge in [0.05, 0.1) is 0 Å². The lowest BCUT2D eigenvalue weighted by atomic mass is 10.0. The minimum atomic E-state index is -0.379. The number of nitrogens with one attached hydrogen (secondary N) is 1. The smallest absolute Gasteiger partial charge is 0.263 e. The third-order valence-corrected chi connectivity index (χ3v) is 4.59. The molecule has 1 aromatic heterocycles. The summed E-state index contributed by atoms with van der Waals surface area (Å²) in [5, 5.41) is 2.98. The van der Waals surface area contributed by atoms with Crippen LogP contribution in [0.25, 0.3) is 0 Å². The Morgan fingerprint density at radius 3 is 2.20 bits per heavy atom. The van der Waals surface area contributed by atoms with Crippen LogP contribution in [0.4, 0.5) is 5.69 Å². The third-order valence-electron chi connectivity index (χ3n) is 4.59. The number of para-hydroxylation sites is 1. The van der Waals surface area contributed by atoms with Gasteiger partial charge in [-0.05, 0) is 44.2 Å². The zero-order chi connectivity index (χ0) is 18.6. The molecule has 0 radical (unpaired) electrons. The Bertz CT molecular complexity index is 812. The number of hydrogen-bond acceptors (Lipinski definition) is 3. The first kappa shape index (κ1) is 19.0. The van der Waals surface area contributed by atoms with Gasteiger partial charge in [-0.2, -0.15) is 0 Å². The minimum Gasteiger partial charge on any atom is -0.465 e. The zero-order valence-electron chi connectivity index (χ0n) is 15.8. The van der Waals surface area contributed by atoms with Crippen molar-refractivity contribution in [3.05, 3.63) is 62.2 Å². The van der Waals surface area contributed by atoms with E-state index in [1.165, 1.54) is 0 Å². The molecule has 134 valence electrons. The lowest BCUT2D eigenvalue weighted by molar-refractivity contribution is 0.102. The van der Waals surface area contributed by atoms with E-state index in [4.69, 9.17) is 4.42 Å². The van der Waals surface area contributed by atoms with Crippen molar-refractivity contribution in [2.45, 2.75) is 60.3 Å². The maximum absolute atomic E-state index is 13.0. The summed E-state index contributed by atoms with van der Waals surface area (Å²) in [6, 6.07) is 6.01. The highest BCUT2D eigenvalue weighted by Gasteiger charge is 2.22. The van der Waals surface area contributed by atoms with Crippen molar-refractivity contribution in [2.75, 3.05) is 5.32 Å². The van der Waals surface area contributed by atoms with Crippen molar-refractivity contribution in [1.29, 1.82) is 0 Å². The Morgan fingerprint density at radius 1 is 1.08 bits per heavy atom. The Kier molecular flexibility index (Phi) is 6.18. The van der Waals surface area contributed by atoms with E-state index in [9.17, 15) is 9.59 Å². The lowest BCUT2D eigenvalue weighted by Crippen LogP contribution is -2.26. The van der Waals surface area contributed by atoms with Crippen LogP contribution in [0, 0.1) is 13.8 Å². The molecular weight excluding hydrogens is 314 g/mol. The van der Waals surface area contributed by atoms with Crippen molar-refractivity contribution in [2.24, 2.45) is 0 Å². The maximum Gasteiger partial charge on any atom is 0.263 e. The first-order valence-electron chi connectivity index (χ1n) is 8.99. The summed E-state index contributed by atoms with van der Waals surface area (Å²) in [7, 11) is 0. The van der Waals surface area contributed by atoms with Gasteiger partial charge in [-0.15, -0.1) is 0 Å². The number of amides is 1. The van der Waals surface area contributed by atoms with Gasteiger partial charge in [-0.1, -0.05) is 39.0 Å². The molecule has 4 heteroatoms. The molecule has 2 rings (SSSR count). The largest absolute Gasteiger partial charge is 0.465 e. The van der Waals surface area contributed by atoms with Crippen molar-refractivity contribution < 1.29 is 9.21 Å². The molecule has 0 atom stereocenters. The zero-order valence-corrected chi connectivity index (χ0v) is 15.8. The molecule has 0 aliphatic heterocycles. The van der Waals surface area contributed by atoms with Gasteiger partial charge in [0, 0.05) is 17.7 Å². The molecule has 0 fully saturated rings. The second-order valence-corrected chi connectivity index (χ2v) is 6.27. The fourth-order valence-electron chi connectivity index (χ4n) is 3.00. The van der Waals surface area contributed by atoms with Crippen LogP contribution in [-0.4, -0.2) is 5.91 Å². The summed E-state index contributed by atoms with van der Waals surface area (Å²) in [6.07, 6.45) is 2.99. The Hall–Kier alpha value is -2.36. The van der Waals surface area contributed by atoms with Gasteiger partial charge in [0.1, 0.15) is 17.1 Å². The van der Waals surface area contributed by atoms with Gasteiger partial charge in [0.2, 0.25) is 5.43 Å². The number of anilines is 1. The molecule has 1 amide bonds. The fraction of sp³-hybridized carbons (Fsp3) is 0.429. The molecule has 1 heterocycles. The first-order chi connectivity index (χ1) is 11.9. The molecule has 0 aliphatic rings. The molecule has 0 saturated carbocycles. The van der Waals surface area contributed by atoms with E-state index in [0.717, 1.165) is 36.1 Å². The highest BCUT2D eigenvalue weighted by atomic mass is 16.3. The maximum atomic E-state index is 13.0. The highest BCUT2D eigenvalue weighted by Crippen LogP contribution is 2.24. The van der Waals surface area contributed by atoms with Crippen molar-refractivity contribution in [3.8, 4) is 0 Å². The summed E-state index contributed by atoms with van der Waals surface area (Å²) >= 11 is 0. The Labute approximate surface area is 149 Å². The second-order valence-electron chi connectivity index (χ2n) is 6.27. The number of hydrogen-bond donors (Lipinski definition) is 1. The molecule has 0 saturated heterocycles. The number of aryl methyl sites for hydroxylation is 4. The average molecular weight is 341 g/mol. The molecule has 2 aromatic rings. The molecule has 1 N–H and O–H groups in total. The number of carbonyl (C=O) groups is 1. The summed E-state index contributed by atoms with van der Waals surface area (Å²) in [6.45, 7) is 9.57. The van der Waals surface area contributed by atoms with Gasteiger partial charge >= 0.3 is 0 Å². The average Bonchev–Trinajstić information content (AvgIpc) is 2.60. The quantitative estimate of drug-likeness (QED) is 0.836. The second kappa shape index (κ2) is 8.15. The monoisotopic (exact) mass is 341 g/mol. The molecule has 0 bridgehead atoms. The summed E-state index contributed by atoms with van der Waals surface area (Å²) in [5.74, 6) is 0.671. The van der Waals surface area contributed by atoms with Gasteiger partial charge < -0.3 is 9.73 Å². The highest BCUT2D eigenvalue weighted by molar-refractivity contribution is 6.05. The van der Waals surface area contributed by atoms with Crippen LogP contribution in [0.1, 0.15) is 65.8 Å². The number of benzene rings is 1. The third kappa shape index (κ3) is 3.84. The first-order valence-corrected chi connectivity index (χ1v) is 8.99. The van der Waals surface area contributed by atoms with Crippen molar-refractivity contribution in [3.63, 3.8) is 0 Å². The number of carbonyl (C=O) groups excluding carboxylic acids is 1. The van der Waals surface area contributed by atoms with E-state index in [2.05, 4.69) is 19.2 Å². The standard InChI is InChI=1S/C21H27NO3/c1-6-10-17-18(20(23)13(4)14(5)25-17)21(24)22-19-15(7-2)11-9-12-16(19)8-3/h9,11-12H,6-8,10H2,1-5H3,(H,22,24). The van der Waals surface area contributed by atoms with E-state index in [1.54, 1.807) is 13.8 Å². The Morgan fingerprint density at radius 2 is 1.68 bits per heavy atom. The topological polar surface area (TPSA) is 59.3 Å². The van der Waals surface area contributed by atoms with E-state index in [0.29, 0.717) is 23.5 Å². The molecule has 0 unspecified atom stereocenters. The van der Waals surface area contributed by atoms with Crippen LogP contribution in [0.3, 0.4) is 0 Å². The molecule has 0 spiro atoms. The summed E-state index contributed by atoms with van der Waals surface area (Å²) < 4.78 is 5.77. The predicted octanol–water partition coefficient (Wildman–Crippen LogP) is 4.59. The van der Waals surface area contributed by atoms with Gasteiger partial charge in [-0.3, -0.25) is 9.59 Å². The molecular formula is C21H27NO3. The SMILES string of the molecule is CCCc1oc(C)c(C)c(=O)c1C(=O)Nc1c(CC)cccc1CC. The van der Waals surface area contributed by atoms with Crippen molar-refractivity contribution >= 4 is 11.6 Å². The fourth-order valence-corrected chi connectivity index (χ4v) is 3.00. The molecule has 4 nitrogen and oxygen atoms in total. The van der Waals surface area contributed by atoms with Crippen LogP contribution in [-0.2, 0) is 19.3 Å². The molecule has 0 aliphatic carbocycles. The van der Waals surface area contributed by atoms with Gasteiger partial charge in [0.25, 0.3) is 5.91 Å². The number of rotatable bonds is 6. The van der Waals surface area contributed by atoms with Crippen LogP contribution in [0.15, 0.2) is 27.4 Å². The Balaban J connectivity index is 2.53. The van der Waals surface area contributed by atoms with Gasteiger partial charge in [-0.25, -0.2) is 0 Å². The van der Waals surface area contributed by atoms with E-state index in [1.807, 2.05) is 25.1 Å². The van der Waals surface area contributed by atoms with Crippen LogP contribution < -0.4 is 10.7 Å². The van der Waals surface area contributed by atoms with Crippen LogP contribution in [0.5, 0.6) is 0 Å². The van der Waals surface area contributed by atoms with Crippen LogP contribution >= 0.6 is 0 Å². The normalized spacial score (nSPS) is 10.8. The van der Waals surface area contributed by atoms with E-state index < -0.39 is 0 Å². The summed E-state index contributed by atoms with van der Waals surface area (Å²) in [5.41, 5.74) is 3.34. The van der Waals surface area contributed by atoms with E-state index in [-0.39, 0.29) is 16.9 Å².